The number of methoxy groups -OCH3 is 1. The highest BCUT2D eigenvalue weighted by Crippen LogP contribution is 2.22. The predicted molar refractivity (Wildman–Crippen MR) is 82.8 cm³/mol. The van der Waals surface area contributed by atoms with Gasteiger partial charge in [-0.05, 0) is 17.5 Å². The molecule has 0 saturated carbocycles. The number of hydrogen-bond acceptors (Lipinski definition) is 3. The van der Waals surface area contributed by atoms with Gasteiger partial charge in [-0.25, -0.2) is 4.79 Å². The molecule has 0 aliphatic rings. The number of carboxylic acid groups (broad SMARTS) is 1. The van der Waals surface area contributed by atoms with E-state index < -0.39 is 12.1 Å². The van der Waals surface area contributed by atoms with E-state index >= 15 is 0 Å². The second kappa shape index (κ2) is 7.09. The molecule has 2 rings (SSSR count). The van der Waals surface area contributed by atoms with E-state index in [0.717, 1.165) is 22.9 Å². The summed E-state index contributed by atoms with van der Waals surface area (Å²) in [5, 5.41) is 12.5. The van der Waals surface area contributed by atoms with Crippen molar-refractivity contribution in [3.63, 3.8) is 0 Å². The molecule has 1 aromatic carbocycles. The van der Waals surface area contributed by atoms with Crippen LogP contribution in [0, 0.1) is 0 Å². The van der Waals surface area contributed by atoms with Crippen LogP contribution in [0.25, 0.3) is 10.9 Å². The van der Waals surface area contributed by atoms with Gasteiger partial charge in [0, 0.05) is 24.2 Å². The number of nitrogens with one attached hydrogen (secondary N) is 2. The molecule has 6 heteroatoms. The fourth-order valence-electron chi connectivity index (χ4n) is 2.43. The molecule has 1 aromatic heterocycles. The lowest BCUT2D eigenvalue weighted by atomic mass is 10.1. The molecule has 1 unspecified atom stereocenters. The molecule has 118 valence electrons. The fourth-order valence-corrected chi connectivity index (χ4v) is 2.43. The first-order valence-electron chi connectivity index (χ1n) is 7.17. The van der Waals surface area contributed by atoms with Crippen molar-refractivity contribution in [2.45, 2.75) is 25.9 Å². The van der Waals surface area contributed by atoms with Crippen LogP contribution in [0.4, 0.5) is 0 Å². The number of rotatable bonds is 7. The number of ether oxygens (including phenoxy) is 1. The number of carbonyl (C=O) groups is 2. The van der Waals surface area contributed by atoms with Gasteiger partial charge in [-0.2, -0.15) is 0 Å². The van der Waals surface area contributed by atoms with Gasteiger partial charge in [-0.1, -0.05) is 25.1 Å². The Balaban J connectivity index is 2.05. The Kier molecular flexibility index (Phi) is 5.16. The van der Waals surface area contributed by atoms with Gasteiger partial charge < -0.3 is 20.1 Å². The Morgan fingerprint density at radius 1 is 1.36 bits per heavy atom. The van der Waals surface area contributed by atoms with Crippen molar-refractivity contribution in [3.8, 4) is 0 Å². The highest BCUT2D eigenvalue weighted by atomic mass is 16.5. The van der Waals surface area contributed by atoms with Crippen molar-refractivity contribution >= 4 is 22.8 Å². The van der Waals surface area contributed by atoms with Gasteiger partial charge in [0.1, 0.15) is 0 Å². The quantitative estimate of drug-likeness (QED) is 0.722. The zero-order chi connectivity index (χ0) is 16.1. The van der Waals surface area contributed by atoms with Crippen molar-refractivity contribution in [3.05, 3.63) is 35.5 Å². The van der Waals surface area contributed by atoms with Gasteiger partial charge in [0.25, 0.3) is 0 Å². The first-order chi connectivity index (χ1) is 10.6. The van der Waals surface area contributed by atoms with Crippen molar-refractivity contribution < 1.29 is 19.4 Å². The number of H-pyrrole nitrogens is 1. The summed E-state index contributed by atoms with van der Waals surface area (Å²) in [4.78, 5) is 26.0. The Labute approximate surface area is 128 Å². The van der Waals surface area contributed by atoms with Gasteiger partial charge in [0.05, 0.1) is 13.0 Å². The lowest BCUT2D eigenvalue weighted by molar-refractivity contribution is -0.148. The van der Waals surface area contributed by atoms with Crippen LogP contribution < -0.4 is 5.32 Å². The summed E-state index contributed by atoms with van der Waals surface area (Å²) < 4.78 is 4.78. The Morgan fingerprint density at radius 2 is 2.14 bits per heavy atom. The van der Waals surface area contributed by atoms with Gasteiger partial charge in [-0.15, -0.1) is 0 Å². The zero-order valence-corrected chi connectivity index (χ0v) is 12.7. The first kappa shape index (κ1) is 16.0. The number of hydrogen-bond donors (Lipinski definition) is 3. The number of carbonyl (C=O) groups excluding carboxylic acids is 1. The van der Waals surface area contributed by atoms with Crippen LogP contribution in [-0.4, -0.2) is 41.7 Å². The predicted octanol–water partition coefficient (Wildman–Crippen LogP) is 1.49. The monoisotopic (exact) mass is 304 g/mol. The van der Waals surface area contributed by atoms with E-state index in [-0.39, 0.29) is 18.9 Å². The first-order valence-corrected chi connectivity index (χ1v) is 7.17. The lowest BCUT2D eigenvalue weighted by Crippen LogP contribution is -2.38. The number of fused-ring (bicyclic) bond motifs is 1. The molecule has 6 nitrogen and oxygen atoms in total. The third-order valence-corrected chi connectivity index (χ3v) is 3.66. The van der Waals surface area contributed by atoms with E-state index in [2.05, 4.69) is 23.3 Å². The summed E-state index contributed by atoms with van der Waals surface area (Å²) in [7, 11) is 1.30. The molecular formula is C16H20N2O4. The minimum Gasteiger partial charge on any atom is -0.479 e. The summed E-state index contributed by atoms with van der Waals surface area (Å²) in [5.41, 5.74) is 3.15. The van der Waals surface area contributed by atoms with Gasteiger partial charge >= 0.3 is 5.97 Å². The van der Waals surface area contributed by atoms with Crippen molar-refractivity contribution in [1.29, 1.82) is 0 Å². The SMILES string of the molecule is CCc1cccc2c(CC(=O)NCC(OC)C(=O)O)c[nH]c12. The summed E-state index contributed by atoms with van der Waals surface area (Å²) in [6, 6.07) is 6.00. The van der Waals surface area contributed by atoms with Crippen LogP contribution >= 0.6 is 0 Å². The van der Waals surface area contributed by atoms with E-state index in [1.807, 2.05) is 18.3 Å². The standard InChI is InChI=1S/C16H20N2O4/c1-3-10-5-4-6-12-11(8-18-15(10)12)7-14(19)17-9-13(22-2)16(20)21/h4-6,8,13,18H,3,7,9H2,1-2H3,(H,17,19)(H,20,21). The summed E-state index contributed by atoms with van der Waals surface area (Å²) in [5.74, 6) is -1.33. The molecular weight excluding hydrogens is 284 g/mol. The molecule has 0 spiro atoms. The average molecular weight is 304 g/mol. The third kappa shape index (κ3) is 3.46. The largest absolute Gasteiger partial charge is 0.479 e. The summed E-state index contributed by atoms with van der Waals surface area (Å²) >= 11 is 0. The molecule has 0 bridgehead atoms. The van der Waals surface area contributed by atoms with E-state index in [1.165, 1.54) is 12.7 Å². The smallest absolute Gasteiger partial charge is 0.334 e. The molecule has 0 aliphatic heterocycles. The van der Waals surface area contributed by atoms with Crippen molar-refractivity contribution in [2.24, 2.45) is 0 Å². The van der Waals surface area contributed by atoms with Crippen LogP contribution in [0.3, 0.4) is 0 Å². The topological polar surface area (TPSA) is 91.4 Å². The number of carboxylic acids is 1. The van der Waals surface area contributed by atoms with Crippen LogP contribution in [0.15, 0.2) is 24.4 Å². The highest BCUT2D eigenvalue weighted by Gasteiger charge is 2.17. The number of aliphatic carboxylic acids is 1. The second-order valence-corrected chi connectivity index (χ2v) is 5.05. The Hall–Kier alpha value is -2.34. The second-order valence-electron chi connectivity index (χ2n) is 5.05. The molecule has 0 aliphatic carbocycles. The van der Waals surface area contributed by atoms with Gasteiger partial charge in [0.2, 0.25) is 5.91 Å². The lowest BCUT2D eigenvalue weighted by Gasteiger charge is -2.11. The molecule has 0 radical (unpaired) electrons. The minimum atomic E-state index is -1.09. The van der Waals surface area contributed by atoms with E-state index in [0.29, 0.717) is 0 Å². The normalized spacial score (nSPS) is 12.3. The van der Waals surface area contributed by atoms with Crippen molar-refractivity contribution in [2.75, 3.05) is 13.7 Å². The van der Waals surface area contributed by atoms with Crippen molar-refractivity contribution in [1.82, 2.24) is 10.3 Å². The van der Waals surface area contributed by atoms with Gasteiger partial charge in [0.15, 0.2) is 6.10 Å². The molecule has 3 N–H and O–H groups in total. The zero-order valence-electron chi connectivity index (χ0n) is 12.7. The molecule has 0 fully saturated rings. The molecule has 2 aromatic rings. The van der Waals surface area contributed by atoms with Crippen LogP contribution in [0.2, 0.25) is 0 Å². The Bertz CT molecular complexity index is 678. The fraction of sp³-hybridized carbons (Fsp3) is 0.375. The maximum atomic E-state index is 12.0. The molecule has 1 heterocycles. The Morgan fingerprint density at radius 3 is 2.77 bits per heavy atom. The number of amides is 1. The number of aryl methyl sites for hydroxylation is 1. The molecule has 22 heavy (non-hydrogen) atoms. The molecule has 1 amide bonds. The van der Waals surface area contributed by atoms with Crippen LogP contribution in [-0.2, 0) is 27.2 Å². The van der Waals surface area contributed by atoms with E-state index in [9.17, 15) is 9.59 Å². The van der Waals surface area contributed by atoms with E-state index in [1.54, 1.807) is 0 Å². The molecule has 0 saturated heterocycles. The van der Waals surface area contributed by atoms with Gasteiger partial charge in [-0.3, -0.25) is 4.79 Å². The third-order valence-electron chi connectivity index (χ3n) is 3.66. The number of aromatic amines is 1. The average Bonchev–Trinajstić information content (AvgIpc) is 2.90. The maximum absolute atomic E-state index is 12.0. The summed E-state index contributed by atoms with van der Waals surface area (Å²) in [6.45, 7) is 2.03. The summed E-state index contributed by atoms with van der Waals surface area (Å²) in [6.07, 6.45) is 1.91. The van der Waals surface area contributed by atoms with E-state index in [4.69, 9.17) is 9.84 Å². The molecule has 1 atom stereocenters. The highest BCUT2D eigenvalue weighted by molar-refractivity contribution is 5.90. The minimum absolute atomic E-state index is 0.0484. The number of aromatic nitrogens is 1. The van der Waals surface area contributed by atoms with Crippen LogP contribution in [0.5, 0.6) is 0 Å². The van der Waals surface area contributed by atoms with Crippen LogP contribution in [0.1, 0.15) is 18.1 Å². The number of para-hydroxylation sites is 1. The maximum Gasteiger partial charge on any atom is 0.334 e. The number of benzene rings is 1.